The zero-order valence-corrected chi connectivity index (χ0v) is 13.7. The summed E-state index contributed by atoms with van der Waals surface area (Å²) in [5.41, 5.74) is 0. The molecule has 4 nitrogen and oxygen atoms in total. The number of hydrogen-bond donors (Lipinski definition) is 2. The fraction of sp³-hybridized carbons (Fsp3) is 0.429. The quantitative estimate of drug-likeness (QED) is 0.552. The van der Waals surface area contributed by atoms with E-state index >= 15 is 0 Å². The molecule has 6 heteroatoms. The molecule has 1 aromatic carbocycles. The molecule has 1 atom stereocenters. The highest BCUT2D eigenvalue weighted by Gasteiger charge is 2.11. The first kappa shape index (κ1) is 17.0. The molecule has 1 rings (SSSR count). The molecule has 0 aromatic heterocycles. The maximum absolute atomic E-state index is 11.5. The summed E-state index contributed by atoms with van der Waals surface area (Å²) in [6.07, 6.45) is 1.20. The molecule has 20 heavy (non-hydrogen) atoms. The van der Waals surface area contributed by atoms with Crippen molar-refractivity contribution in [3.05, 3.63) is 28.7 Å². The summed E-state index contributed by atoms with van der Waals surface area (Å²) in [6.45, 7) is 1.76. The number of carbonyl (C=O) groups is 2. The molecule has 1 aromatic rings. The van der Waals surface area contributed by atoms with Crippen LogP contribution in [0.5, 0.6) is 0 Å². The highest BCUT2D eigenvalue weighted by Crippen LogP contribution is 2.21. The van der Waals surface area contributed by atoms with Gasteiger partial charge in [-0.15, -0.1) is 11.8 Å². The fourth-order valence-corrected chi connectivity index (χ4v) is 2.51. The van der Waals surface area contributed by atoms with Crippen LogP contribution < -0.4 is 5.32 Å². The van der Waals surface area contributed by atoms with Gasteiger partial charge in [0.1, 0.15) is 0 Å². The van der Waals surface area contributed by atoms with E-state index in [0.717, 1.165) is 16.6 Å². The van der Waals surface area contributed by atoms with Gasteiger partial charge >= 0.3 is 5.97 Å². The first-order valence-electron chi connectivity index (χ1n) is 6.37. The highest BCUT2D eigenvalue weighted by molar-refractivity contribution is 9.10. The Morgan fingerprint density at radius 3 is 2.60 bits per heavy atom. The summed E-state index contributed by atoms with van der Waals surface area (Å²) in [4.78, 5) is 23.3. The summed E-state index contributed by atoms with van der Waals surface area (Å²) in [7, 11) is 0. The van der Waals surface area contributed by atoms with Gasteiger partial charge < -0.3 is 10.4 Å². The second-order valence-corrected chi connectivity index (χ2v) is 6.53. The molecule has 0 saturated heterocycles. The molecule has 0 bridgehead atoms. The molecule has 0 saturated carbocycles. The third kappa shape index (κ3) is 6.96. The monoisotopic (exact) mass is 359 g/mol. The van der Waals surface area contributed by atoms with E-state index in [1.54, 1.807) is 18.7 Å². The smallest absolute Gasteiger partial charge is 0.308 e. The molecule has 2 N–H and O–H groups in total. The van der Waals surface area contributed by atoms with Crippen LogP contribution in [0.1, 0.15) is 19.8 Å². The predicted octanol–water partition coefficient (Wildman–Crippen LogP) is 3.16. The van der Waals surface area contributed by atoms with Crippen LogP contribution in [0.25, 0.3) is 0 Å². The average molecular weight is 360 g/mol. The third-order valence-corrected chi connectivity index (χ3v) is 4.28. The molecule has 110 valence electrons. The Hall–Kier alpha value is -1.01. The molecule has 0 spiro atoms. The lowest BCUT2D eigenvalue weighted by Crippen LogP contribution is -2.31. The number of halogens is 1. The fourth-order valence-electron chi connectivity index (χ4n) is 1.40. The Kier molecular flexibility index (Phi) is 7.69. The molecule has 0 heterocycles. The minimum absolute atomic E-state index is 0.0884. The van der Waals surface area contributed by atoms with E-state index in [4.69, 9.17) is 5.11 Å². The van der Waals surface area contributed by atoms with Gasteiger partial charge in [-0.05, 0) is 36.4 Å². The molecular formula is C14H18BrNO3S. The largest absolute Gasteiger partial charge is 0.481 e. The normalized spacial score (nSPS) is 11.9. The predicted molar refractivity (Wildman–Crippen MR) is 83.9 cm³/mol. The van der Waals surface area contributed by atoms with Crippen LogP contribution in [0, 0.1) is 5.92 Å². The van der Waals surface area contributed by atoms with Crippen LogP contribution in [-0.2, 0) is 9.59 Å². The zero-order valence-electron chi connectivity index (χ0n) is 11.3. The Morgan fingerprint density at radius 2 is 2.00 bits per heavy atom. The van der Waals surface area contributed by atoms with Crippen LogP contribution in [0.3, 0.4) is 0 Å². The standard InChI is InChI=1S/C14H18BrNO3S/c1-10(14(18)19)9-16-13(17)3-2-8-20-12-6-4-11(15)5-7-12/h4-7,10H,2-3,8-9H2,1H3,(H,16,17)(H,18,19). The average Bonchev–Trinajstić information content (AvgIpc) is 2.42. The lowest BCUT2D eigenvalue weighted by Gasteiger charge is -2.08. The molecule has 0 aliphatic rings. The topological polar surface area (TPSA) is 66.4 Å². The van der Waals surface area contributed by atoms with Crippen LogP contribution in [0.15, 0.2) is 33.6 Å². The van der Waals surface area contributed by atoms with Gasteiger partial charge in [0.2, 0.25) is 5.91 Å². The Balaban J connectivity index is 2.13. The van der Waals surface area contributed by atoms with E-state index in [9.17, 15) is 9.59 Å². The second kappa shape index (κ2) is 9.02. The first-order valence-corrected chi connectivity index (χ1v) is 8.14. The number of carboxylic acids is 1. The van der Waals surface area contributed by atoms with Crippen LogP contribution in [0.2, 0.25) is 0 Å². The van der Waals surface area contributed by atoms with Crippen molar-refractivity contribution in [3.8, 4) is 0 Å². The lowest BCUT2D eigenvalue weighted by atomic mass is 10.2. The number of carboxylic acid groups (broad SMARTS) is 1. The van der Waals surface area contributed by atoms with Crippen LogP contribution in [-0.4, -0.2) is 29.3 Å². The molecule has 0 aliphatic heterocycles. The minimum Gasteiger partial charge on any atom is -0.481 e. The Morgan fingerprint density at radius 1 is 1.35 bits per heavy atom. The van der Waals surface area contributed by atoms with Gasteiger partial charge in [0.25, 0.3) is 0 Å². The van der Waals surface area contributed by atoms with Crippen molar-refractivity contribution >= 4 is 39.6 Å². The van der Waals surface area contributed by atoms with E-state index < -0.39 is 11.9 Å². The number of benzene rings is 1. The van der Waals surface area contributed by atoms with Crippen molar-refractivity contribution in [2.24, 2.45) is 5.92 Å². The lowest BCUT2D eigenvalue weighted by molar-refractivity contribution is -0.141. The first-order chi connectivity index (χ1) is 9.49. The van der Waals surface area contributed by atoms with Crippen molar-refractivity contribution < 1.29 is 14.7 Å². The van der Waals surface area contributed by atoms with Gasteiger partial charge in [-0.3, -0.25) is 9.59 Å². The molecule has 1 unspecified atom stereocenters. The van der Waals surface area contributed by atoms with Crippen molar-refractivity contribution in [2.75, 3.05) is 12.3 Å². The SMILES string of the molecule is CC(CNC(=O)CCCSc1ccc(Br)cc1)C(=O)O. The van der Waals surface area contributed by atoms with Gasteiger partial charge in [-0.2, -0.15) is 0 Å². The van der Waals surface area contributed by atoms with E-state index in [2.05, 4.69) is 21.2 Å². The Labute approximate surface area is 131 Å². The highest BCUT2D eigenvalue weighted by atomic mass is 79.9. The number of aliphatic carboxylic acids is 1. The number of thioether (sulfide) groups is 1. The zero-order chi connectivity index (χ0) is 15.0. The van der Waals surface area contributed by atoms with Gasteiger partial charge in [-0.1, -0.05) is 22.9 Å². The van der Waals surface area contributed by atoms with Crippen molar-refractivity contribution in [1.82, 2.24) is 5.32 Å². The van der Waals surface area contributed by atoms with Crippen molar-refractivity contribution in [2.45, 2.75) is 24.7 Å². The number of amides is 1. The van der Waals surface area contributed by atoms with E-state index in [1.807, 2.05) is 24.3 Å². The summed E-state index contributed by atoms with van der Waals surface area (Å²) in [5, 5.41) is 11.3. The maximum Gasteiger partial charge on any atom is 0.308 e. The van der Waals surface area contributed by atoms with Gasteiger partial charge in [0.15, 0.2) is 0 Å². The van der Waals surface area contributed by atoms with Gasteiger partial charge in [0, 0.05) is 22.3 Å². The van der Waals surface area contributed by atoms with E-state index in [1.165, 1.54) is 4.90 Å². The number of nitrogens with one attached hydrogen (secondary N) is 1. The Bertz CT molecular complexity index is 450. The minimum atomic E-state index is -0.893. The molecule has 0 aliphatic carbocycles. The van der Waals surface area contributed by atoms with Gasteiger partial charge in [-0.25, -0.2) is 0 Å². The summed E-state index contributed by atoms with van der Waals surface area (Å²) < 4.78 is 1.05. The van der Waals surface area contributed by atoms with Crippen LogP contribution in [0.4, 0.5) is 0 Å². The number of rotatable bonds is 8. The number of hydrogen-bond acceptors (Lipinski definition) is 3. The molecule has 0 fully saturated rings. The second-order valence-electron chi connectivity index (χ2n) is 4.45. The number of carbonyl (C=O) groups excluding carboxylic acids is 1. The van der Waals surface area contributed by atoms with Gasteiger partial charge in [0.05, 0.1) is 5.92 Å². The van der Waals surface area contributed by atoms with E-state index in [0.29, 0.717) is 6.42 Å². The van der Waals surface area contributed by atoms with Crippen LogP contribution >= 0.6 is 27.7 Å². The summed E-state index contributed by atoms with van der Waals surface area (Å²) in [6, 6.07) is 8.04. The maximum atomic E-state index is 11.5. The van der Waals surface area contributed by atoms with E-state index in [-0.39, 0.29) is 12.5 Å². The molecular weight excluding hydrogens is 342 g/mol. The third-order valence-electron chi connectivity index (χ3n) is 2.66. The van der Waals surface area contributed by atoms with Crippen molar-refractivity contribution in [1.29, 1.82) is 0 Å². The molecule has 0 radical (unpaired) electrons. The summed E-state index contributed by atoms with van der Waals surface area (Å²) in [5.74, 6) is -0.662. The molecule has 1 amide bonds. The van der Waals surface area contributed by atoms with Crippen molar-refractivity contribution in [3.63, 3.8) is 0 Å². The summed E-state index contributed by atoms with van der Waals surface area (Å²) >= 11 is 5.09.